The standard InChI is InChI=1S/C55H90N4O2/c1-3-5-7-9-11-13-15-17-19-21-23-25-27-29-46-60-54-36-32-52(33-37-54)48-58-44-42-56(50-58)40-31-41-57-43-45-59(51-57)49-53-34-38-55(39-35-53)61-47-30-28-26-24-22-20-18-16-14-12-10-8-6-4-2/h32-39,42-45,50-51H,3-31,40-41,46-49H2,1-2H3/q+2. The van der Waals surface area contributed by atoms with Crippen molar-refractivity contribution < 1.29 is 18.6 Å². The maximum absolute atomic E-state index is 6.06. The van der Waals surface area contributed by atoms with Gasteiger partial charge in [0.15, 0.2) is 0 Å². The first-order valence-electron chi connectivity index (χ1n) is 25.7. The van der Waals surface area contributed by atoms with Crippen LogP contribution in [0.3, 0.4) is 0 Å². The lowest BCUT2D eigenvalue weighted by molar-refractivity contribution is -0.687. The largest absolute Gasteiger partial charge is 0.494 e. The molecule has 0 radical (unpaired) electrons. The minimum atomic E-state index is 0.821. The van der Waals surface area contributed by atoms with E-state index in [1.807, 2.05) is 0 Å². The fraction of sp³-hybridized carbons (Fsp3) is 0.673. The quantitative estimate of drug-likeness (QED) is 0.0330. The van der Waals surface area contributed by atoms with Crippen LogP contribution in [0.2, 0.25) is 0 Å². The van der Waals surface area contributed by atoms with Crippen molar-refractivity contribution in [2.75, 3.05) is 13.2 Å². The molecule has 0 bridgehead atoms. The number of aryl methyl sites for hydroxylation is 2. The monoisotopic (exact) mass is 839 g/mol. The number of rotatable bonds is 40. The van der Waals surface area contributed by atoms with E-state index in [4.69, 9.17) is 9.47 Å². The molecule has 6 heteroatoms. The van der Waals surface area contributed by atoms with Gasteiger partial charge in [-0.05, 0) is 48.2 Å². The minimum Gasteiger partial charge on any atom is -0.494 e. The Hall–Kier alpha value is -3.54. The summed E-state index contributed by atoms with van der Waals surface area (Å²) in [4.78, 5) is 0. The van der Waals surface area contributed by atoms with Crippen LogP contribution >= 0.6 is 0 Å². The van der Waals surface area contributed by atoms with Crippen LogP contribution < -0.4 is 18.6 Å². The lowest BCUT2D eigenvalue weighted by Crippen LogP contribution is -2.31. The maximum Gasteiger partial charge on any atom is 0.244 e. The van der Waals surface area contributed by atoms with E-state index in [0.29, 0.717) is 0 Å². The number of unbranched alkanes of at least 4 members (excludes halogenated alkanes) is 26. The summed E-state index contributed by atoms with van der Waals surface area (Å²) in [5.74, 6) is 1.97. The van der Waals surface area contributed by atoms with E-state index in [9.17, 15) is 0 Å². The summed E-state index contributed by atoms with van der Waals surface area (Å²) in [7, 11) is 0. The van der Waals surface area contributed by atoms with Crippen molar-refractivity contribution in [2.24, 2.45) is 0 Å². The van der Waals surface area contributed by atoms with Gasteiger partial charge in [-0.1, -0.05) is 205 Å². The van der Waals surface area contributed by atoms with Crippen LogP contribution in [0.1, 0.15) is 211 Å². The van der Waals surface area contributed by atoms with Crippen LogP contribution in [0.25, 0.3) is 0 Å². The molecule has 0 saturated carbocycles. The molecule has 0 aliphatic rings. The molecule has 4 aromatic rings. The van der Waals surface area contributed by atoms with Crippen molar-refractivity contribution in [1.29, 1.82) is 0 Å². The first-order valence-corrected chi connectivity index (χ1v) is 25.7. The van der Waals surface area contributed by atoms with E-state index in [0.717, 1.165) is 70.2 Å². The second-order valence-corrected chi connectivity index (χ2v) is 18.2. The molecule has 0 spiro atoms. The van der Waals surface area contributed by atoms with Gasteiger partial charge in [0.1, 0.15) is 49.4 Å². The molecule has 0 aliphatic carbocycles. The van der Waals surface area contributed by atoms with Gasteiger partial charge in [0, 0.05) is 6.42 Å². The molecular weight excluding hydrogens is 749 g/mol. The molecule has 0 amide bonds. The second-order valence-electron chi connectivity index (χ2n) is 18.2. The van der Waals surface area contributed by atoms with Gasteiger partial charge in [0.2, 0.25) is 12.7 Å². The molecule has 0 aliphatic heterocycles. The Morgan fingerprint density at radius 2 is 0.656 bits per heavy atom. The van der Waals surface area contributed by atoms with E-state index < -0.39 is 0 Å². The third-order valence-electron chi connectivity index (χ3n) is 12.4. The van der Waals surface area contributed by atoms with Crippen LogP contribution in [-0.4, -0.2) is 22.3 Å². The molecule has 2 heterocycles. The minimum absolute atomic E-state index is 0.821. The van der Waals surface area contributed by atoms with E-state index in [1.165, 1.54) is 178 Å². The van der Waals surface area contributed by atoms with Crippen molar-refractivity contribution in [1.82, 2.24) is 9.13 Å². The Bertz CT molecular complexity index is 1460. The number of benzene rings is 2. The summed E-state index contributed by atoms with van der Waals surface area (Å²) >= 11 is 0. The normalized spacial score (nSPS) is 11.4. The molecule has 61 heavy (non-hydrogen) atoms. The Kier molecular flexibility index (Phi) is 27.9. The summed E-state index contributed by atoms with van der Waals surface area (Å²) in [5.41, 5.74) is 2.59. The number of hydrogen-bond donors (Lipinski definition) is 0. The van der Waals surface area contributed by atoms with Crippen molar-refractivity contribution in [3.8, 4) is 11.5 Å². The number of ether oxygens (including phenoxy) is 2. The summed E-state index contributed by atoms with van der Waals surface area (Å²) < 4.78 is 21.3. The number of aromatic nitrogens is 4. The highest BCUT2D eigenvalue weighted by Gasteiger charge is 2.09. The highest BCUT2D eigenvalue weighted by molar-refractivity contribution is 5.27. The van der Waals surface area contributed by atoms with E-state index in [-0.39, 0.29) is 0 Å². The lowest BCUT2D eigenvalue weighted by Gasteiger charge is -2.07. The highest BCUT2D eigenvalue weighted by Crippen LogP contribution is 2.17. The van der Waals surface area contributed by atoms with Crippen LogP contribution in [0.4, 0.5) is 0 Å². The maximum atomic E-state index is 6.06. The first kappa shape index (κ1) is 50.1. The van der Waals surface area contributed by atoms with Crippen LogP contribution in [0.15, 0.2) is 86.0 Å². The molecule has 2 aromatic heterocycles. The Morgan fingerprint density at radius 3 is 0.967 bits per heavy atom. The predicted octanol–water partition coefficient (Wildman–Crippen LogP) is 14.8. The smallest absolute Gasteiger partial charge is 0.244 e. The predicted molar refractivity (Wildman–Crippen MR) is 257 cm³/mol. The summed E-state index contributed by atoms with van der Waals surface area (Å²) in [5, 5.41) is 0. The van der Waals surface area contributed by atoms with Crippen LogP contribution in [0.5, 0.6) is 11.5 Å². The van der Waals surface area contributed by atoms with E-state index >= 15 is 0 Å². The van der Waals surface area contributed by atoms with E-state index in [1.54, 1.807) is 0 Å². The van der Waals surface area contributed by atoms with Gasteiger partial charge in [0.25, 0.3) is 0 Å². The Morgan fingerprint density at radius 1 is 0.361 bits per heavy atom. The first-order chi connectivity index (χ1) is 30.2. The third-order valence-corrected chi connectivity index (χ3v) is 12.4. The topological polar surface area (TPSA) is 36.1 Å². The zero-order valence-electron chi connectivity index (χ0n) is 39.4. The number of nitrogens with zero attached hydrogens (tertiary/aromatic N) is 4. The van der Waals surface area contributed by atoms with E-state index in [2.05, 4.69) is 118 Å². The molecule has 340 valence electrons. The van der Waals surface area contributed by atoms with Gasteiger partial charge in [0.05, 0.1) is 26.3 Å². The molecule has 2 aromatic carbocycles. The van der Waals surface area contributed by atoms with Crippen molar-refractivity contribution in [3.63, 3.8) is 0 Å². The van der Waals surface area contributed by atoms with Crippen molar-refractivity contribution in [3.05, 3.63) is 97.1 Å². The molecule has 0 atom stereocenters. The molecule has 0 unspecified atom stereocenters. The number of hydrogen-bond acceptors (Lipinski definition) is 2. The van der Waals surface area contributed by atoms with Gasteiger partial charge in [-0.2, -0.15) is 0 Å². The molecule has 0 N–H and O–H groups in total. The second kappa shape index (κ2) is 34.0. The molecular formula is C55H90N4O2+2. The molecule has 4 rings (SSSR count). The average molecular weight is 839 g/mol. The van der Waals surface area contributed by atoms with Gasteiger partial charge in [-0.25, -0.2) is 18.3 Å². The van der Waals surface area contributed by atoms with Gasteiger partial charge in [-0.15, -0.1) is 0 Å². The fourth-order valence-electron chi connectivity index (χ4n) is 8.54. The Labute approximate surface area is 374 Å². The summed E-state index contributed by atoms with van der Waals surface area (Å²) in [6, 6.07) is 17.3. The summed E-state index contributed by atoms with van der Waals surface area (Å²) in [6.07, 6.45) is 53.0. The summed E-state index contributed by atoms with van der Waals surface area (Å²) in [6.45, 7) is 9.97. The van der Waals surface area contributed by atoms with Crippen molar-refractivity contribution in [2.45, 2.75) is 226 Å². The third kappa shape index (κ3) is 24.6. The molecule has 0 fully saturated rings. The lowest BCUT2D eigenvalue weighted by atomic mass is 10.0. The molecule has 0 saturated heterocycles. The molecule has 6 nitrogen and oxygen atoms in total. The van der Waals surface area contributed by atoms with Crippen LogP contribution in [-0.2, 0) is 26.2 Å². The fourth-order valence-corrected chi connectivity index (χ4v) is 8.54. The van der Waals surface area contributed by atoms with Gasteiger partial charge >= 0.3 is 0 Å². The zero-order chi connectivity index (χ0) is 42.7. The number of imidazole rings is 2. The van der Waals surface area contributed by atoms with Gasteiger partial charge in [-0.3, -0.25) is 0 Å². The van der Waals surface area contributed by atoms with Crippen molar-refractivity contribution >= 4 is 0 Å². The Balaban J connectivity index is 0.967. The van der Waals surface area contributed by atoms with Gasteiger partial charge < -0.3 is 9.47 Å². The SMILES string of the molecule is CCCCCCCCCCCCCCCCOc1ccc(C[n+]2ccn(CCCn3cc[n+](Cc4ccc(OCCCCCCCCCCCCCCCC)cc4)c3)c2)cc1. The van der Waals surface area contributed by atoms with Crippen LogP contribution in [0, 0.1) is 0 Å². The zero-order valence-corrected chi connectivity index (χ0v) is 39.4. The average Bonchev–Trinajstić information content (AvgIpc) is 3.93. The highest BCUT2D eigenvalue weighted by atomic mass is 16.5.